The molecular formula is C50H60IrNO3Si-. The molecule has 0 saturated carbocycles. The maximum atomic E-state index is 11.7. The Morgan fingerprint density at radius 2 is 1.30 bits per heavy atom. The van der Waals surface area contributed by atoms with E-state index in [1.54, 1.807) is 0 Å². The zero-order valence-corrected chi connectivity index (χ0v) is 38.0. The van der Waals surface area contributed by atoms with Crippen LogP contribution < -0.4 is 15.8 Å². The Labute approximate surface area is 350 Å². The minimum atomic E-state index is -2.54. The molecule has 0 atom stereocenters. The number of pyridine rings is 1. The summed E-state index contributed by atoms with van der Waals surface area (Å²) in [6.45, 7) is 17.2. The van der Waals surface area contributed by atoms with E-state index in [2.05, 4.69) is 137 Å². The molecule has 0 aliphatic rings. The number of carbonyl (C=O) groups is 1. The minimum absolute atomic E-state index is 0. The van der Waals surface area contributed by atoms with E-state index < -0.39 is 8.07 Å². The van der Waals surface area contributed by atoms with Crippen molar-refractivity contribution in [3.05, 3.63) is 133 Å². The van der Waals surface area contributed by atoms with Crippen molar-refractivity contribution in [3.8, 4) is 11.3 Å². The second-order valence-corrected chi connectivity index (χ2v) is 19.2. The number of allylic oxidation sites excluding steroid dienone is 2. The summed E-state index contributed by atoms with van der Waals surface area (Å²) in [6, 6.07) is 41.1. The van der Waals surface area contributed by atoms with E-state index in [9.17, 15) is 9.90 Å². The van der Waals surface area contributed by atoms with Crippen molar-refractivity contribution in [2.45, 2.75) is 105 Å². The van der Waals surface area contributed by atoms with E-state index in [1.807, 2.05) is 33.9 Å². The van der Waals surface area contributed by atoms with Gasteiger partial charge in [-0.15, -0.1) is 29.1 Å². The first kappa shape index (κ1) is 44.6. The molecule has 6 heteroatoms. The predicted octanol–water partition coefficient (Wildman–Crippen LogP) is 12.1. The first-order valence-corrected chi connectivity index (χ1v) is 22.6. The van der Waals surface area contributed by atoms with Crippen LogP contribution in [0.4, 0.5) is 0 Å². The van der Waals surface area contributed by atoms with E-state index in [0.29, 0.717) is 11.5 Å². The molecule has 0 aliphatic heterocycles. The van der Waals surface area contributed by atoms with Crippen LogP contribution in [0.15, 0.2) is 126 Å². The molecule has 4 aromatic carbocycles. The van der Waals surface area contributed by atoms with Gasteiger partial charge in [-0.3, -0.25) is 9.78 Å². The molecule has 0 aliphatic carbocycles. The van der Waals surface area contributed by atoms with Crippen LogP contribution in [0.2, 0.25) is 5.54 Å². The molecule has 1 radical (unpaired) electrons. The number of nitrogens with zero attached hydrogens (tertiary/aromatic N) is 1. The van der Waals surface area contributed by atoms with Crippen LogP contribution in [-0.4, -0.2) is 23.9 Å². The molecule has 56 heavy (non-hydrogen) atoms. The number of carbonyl (C=O) groups excluding carboxylic acids is 1. The van der Waals surface area contributed by atoms with Crippen molar-refractivity contribution in [2.75, 3.05) is 0 Å². The van der Waals surface area contributed by atoms with E-state index in [0.717, 1.165) is 71.5 Å². The number of benzene rings is 4. The molecule has 2 heterocycles. The fourth-order valence-corrected chi connectivity index (χ4v) is 14.0. The summed E-state index contributed by atoms with van der Waals surface area (Å²) >= 11 is 0. The largest absolute Gasteiger partial charge is 0.512 e. The van der Waals surface area contributed by atoms with Crippen molar-refractivity contribution in [3.63, 3.8) is 0 Å². The summed E-state index contributed by atoms with van der Waals surface area (Å²) in [6.07, 6.45) is 9.00. The standard InChI is InChI=1S/C37H36NOSi.C13H24O2.Ir/c1-5-30(6-2)40(31-16-9-7-10-17-31,32-18-11-8-12-19-32)35-25-28-21-22-38-36(37(28)39-35)29-23-27-15-13-14-20-33(27)34(24-29)26(3)4;1-5-10(6-2)12(14)9-13(15)11(7-3)8-4;/h7-22,24-26,30H,5-6H2,1-4H3;9-11,14H,5-8H2,1-4H3;/q-1;;/b;12-9-;. The van der Waals surface area contributed by atoms with Crippen molar-refractivity contribution < 1.29 is 34.4 Å². The smallest absolute Gasteiger partial charge is 0.196 e. The van der Waals surface area contributed by atoms with E-state index in [1.165, 1.54) is 27.4 Å². The van der Waals surface area contributed by atoms with Gasteiger partial charge < -0.3 is 9.52 Å². The summed E-state index contributed by atoms with van der Waals surface area (Å²) in [5.74, 6) is 0.932. The van der Waals surface area contributed by atoms with Gasteiger partial charge in [0.25, 0.3) is 0 Å². The molecule has 6 rings (SSSR count). The van der Waals surface area contributed by atoms with Crippen LogP contribution in [-0.2, 0) is 24.9 Å². The summed E-state index contributed by atoms with van der Waals surface area (Å²) < 4.78 is 7.10. The summed E-state index contributed by atoms with van der Waals surface area (Å²) in [5, 5.41) is 17.1. The number of furan rings is 1. The van der Waals surface area contributed by atoms with Crippen LogP contribution in [0.25, 0.3) is 33.0 Å². The Hall–Kier alpha value is -4.09. The molecular weight excluding hydrogens is 883 g/mol. The Kier molecular flexibility index (Phi) is 16.6. The molecule has 1 N–H and O–H groups in total. The third-order valence-electron chi connectivity index (χ3n) is 11.6. The number of rotatable bonds is 15. The fourth-order valence-electron chi connectivity index (χ4n) is 8.42. The average Bonchev–Trinajstić information content (AvgIpc) is 3.66. The number of aliphatic hydroxyl groups excluding tert-OH is 1. The van der Waals surface area contributed by atoms with Gasteiger partial charge in [0.2, 0.25) is 0 Å². The Balaban J connectivity index is 0.000000372. The van der Waals surface area contributed by atoms with Gasteiger partial charge in [-0.25, -0.2) is 0 Å². The predicted molar refractivity (Wildman–Crippen MR) is 236 cm³/mol. The SMILES string of the molecule is CCC(CC)C(=O)/C=C(\O)C(CC)CC.CCC(CC)[Si](c1ccccc1)(c1ccccc1)c1cc2ccnc(-c3[c-]c4ccccc4c(C(C)C)c3)c2o1.[Ir]. The van der Waals surface area contributed by atoms with Crippen LogP contribution in [0.3, 0.4) is 0 Å². The van der Waals surface area contributed by atoms with Crippen LogP contribution in [0.1, 0.15) is 105 Å². The topological polar surface area (TPSA) is 63.3 Å². The molecule has 0 unspecified atom stereocenters. The first-order chi connectivity index (χ1) is 26.7. The van der Waals surface area contributed by atoms with Gasteiger partial charge in [-0.05, 0) is 59.6 Å². The fraction of sp³-hybridized carbons (Fsp3) is 0.360. The van der Waals surface area contributed by atoms with Crippen LogP contribution >= 0.6 is 0 Å². The second-order valence-electron chi connectivity index (χ2n) is 15.1. The molecule has 4 nitrogen and oxygen atoms in total. The van der Waals surface area contributed by atoms with Gasteiger partial charge in [0.15, 0.2) is 13.9 Å². The normalized spacial score (nSPS) is 12.0. The number of fused-ring (bicyclic) bond motifs is 2. The molecule has 0 amide bonds. The van der Waals surface area contributed by atoms with Crippen molar-refractivity contribution >= 4 is 51.4 Å². The minimum Gasteiger partial charge on any atom is -0.512 e. The second kappa shape index (κ2) is 20.9. The Bertz CT molecular complexity index is 2120. The molecule has 0 fully saturated rings. The van der Waals surface area contributed by atoms with Gasteiger partial charge in [0.1, 0.15) is 5.58 Å². The third-order valence-corrected chi connectivity index (χ3v) is 17.2. The van der Waals surface area contributed by atoms with Gasteiger partial charge in [-0.1, -0.05) is 158 Å². The number of hydrogen-bond acceptors (Lipinski definition) is 4. The average molecular weight is 943 g/mol. The molecule has 0 saturated heterocycles. The van der Waals surface area contributed by atoms with Gasteiger partial charge >= 0.3 is 0 Å². The molecule has 297 valence electrons. The Morgan fingerprint density at radius 3 is 1.84 bits per heavy atom. The summed E-state index contributed by atoms with van der Waals surface area (Å²) in [5.41, 5.74) is 4.50. The quantitative estimate of drug-likeness (QED) is 0.0482. The van der Waals surface area contributed by atoms with Crippen molar-refractivity contribution in [2.24, 2.45) is 11.8 Å². The first-order valence-electron chi connectivity index (χ1n) is 20.6. The van der Waals surface area contributed by atoms with Gasteiger partial charge in [0.05, 0.1) is 11.1 Å². The maximum absolute atomic E-state index is 11.7. The van der Waals surface area contributed by atoms with E-state index >= 15 is 0 Å². The maximum Gasteiger partial charge on any atom is 0.196 e. The van der Waals surface area contributed by atoms with Gasteiger partial charge in [0, 0.05) is 55.3 Å². The number of aliphatic hydroxyl groups is 1. The number of aromatic nitrogens is 1. The monoisotopic (exact) mass is 943 g/mol. The number of hydrogen-bond donors (Lipinski definition) is 1. The van der Waals surface area contributed by atoms with E-state index in [4.69, 9.17) is 9.40 Å². The Morgan fingerprint density at radius 1 is 0.750 bits per heavy atom. The van der Waals surface area contributed by atoms with Crippen molar-refractivity contribution in [1.82, 2.24) is 4.98 Å². The van der Waals surface area contributed by atoms with Crippen LogP contribution in [0, 0.1) is 17.9 Å². The van der Waals surface area contributed by atoms with Gasteiger partial charge in [-0.2, -0.15) is 0 Å². The molecule has 0 spiro atoms. The summed E-state index contributed by atoms with van der Waals surface area (Å²) in [7, 11) is -2.54. The van der Waals surface area contributed by atoms with Crippen LogP contribution in [0.5, 0.6) is 0 Å². The molecule has 2 aromatic heterocycles. The van der Waals surface area contributed by atoms with Crippen molar-refractivity contribution in [1.29, 1.82) is 0 Å². The third kappa shape index (κ3) is 9.36. The molecule has 6 aromatic rings. The zero-order chi connectivity index (χ0) is 39.5. The summed E-state index contributed by atoms with van der Waals surface area (Å²) in [4.78, 5) is 16.6. The number of ketones is 1. The zero-order valence-electron chi connectivity index (χ0n) is 34.6. The van der Waals surface area contributed by atoms with E-state index in [-0.39, 0.29) is 43.5 Å². The molecule has 0 bridgehead atoms.